The molecule has 0 spiro atoms. The highest BCUT2D eigenvalue weighted by Gasteiger charge is 1.98. The van der Waals surface area contributed by atoms with Crippen molar-refractivity contribution < 1.29 is 0 Å². The van der Waals surface area contributed by atoms with Gasteiger partial charge in [0.25, 0.3) is 0 Å². The molecule has 0 atom stereocenters. The van der Waals surface area contributed by atoms with Crippen LogP contribution < -0.4 is 0 Å². The second-order valence-corrected chi connectivity index (χ2v) is 3.28. The molecule has 2 nitrogen and oxygen atoms in total. The van der Waals surface area contributed by atoms with E-state index in [0.717, 1.165) is 16.7 Å². The van der Waals surface area contributed by atoms with Gasteiger partial charge in [-0.05, 0) is 17.2 Å². The van der Waals surface area contributed by atoms with Crippen LogP contribution in [0.1, 0.15) is 5.56 Å². The molecule has 0 bridgehead atoms. The third-order valence-corrected chi connectivity index (χ3v) is 2.19. The van der Waals surface area contributed by atoms with Gasteiger partial charge in [-0.1, -0.05) is 30.3 Å². The quantitative estimate of drug-likeness (QED) is 0.737. The molecule has 0 aliphatic rings. The van der Waals surface area contributed by atoms with Gasteiger partial charge in [-0.15, -0.1) is 0 Å². The lowest BCUT2D eigenvalue weighted by Gasteiger charge is -2.01. The molecule has 72 valence electrons. The van der Waals surface area contributed by atoms with Gasteiger partial charge >= 0.3 is 0 Å². The maximum Gasteiger partial charge on any atom is 0.0670 e. The Morgan fingerprint density at radius 2 is 1.87 bits per heavy atom. The Morgan fingerprint density at radius 1 is 1.07 bits per heavy atom. The van der Waals surface area contributed by atoms with E-state index in [9.17, 15) is 0 Å². The van der Waals surface area contributed by atoms with Crippen LogP contribution in [-0.4, -0.2) is 4.98 Å². The Morgan fingerprint density at radius 3 is 2.60 bits per heavy atom. The summed E-state index contributed by atoms with van der Waals surface area (Å²) >= 11 is 0. The summed E-state index contributed by atoms with van der Waals surface area (Å²) in [6.07, 6.45) is 3.96. The summed E-state index contributed by atoms with van der Waals surface area (Å²) < 4.78 is 0. The van der Waals surface area contributed by atoms with Crippen molar-refractivity contribution in [3.05, 3.63) is 54.4 Å². The van der Waals surface area contributed by atoms with Crippen molar-refractivity contribution in [1.29, 1.82) is 5.26 Å². The molecule has 15 heavy (non-hydrogen) atoms. The lowest BCUT2D eigenvalue weighted by molar-refractivity contribution is 1.19. The van der Waals surface area contributed by atoms with Gasteiger partial charge in [0, 0.05) is 18.0 Å². The van der Waals surface area contributed by atoms with Crippen LogP contribution in [0.3, 0.4) is 0 Å². The smallest absolute Gasteiger partial charge is 0.0670 e. The predicted molar refractivity (Wildman–Crippen MR) is 59.0 cm³/mol. The zero-order valence-corrected chi connectivity index (χ0v) is 8.22. The number of benzene rings is 1. The van der Waals surface area contributed by atoms with E-state index >= 15 is 0 Å². The van der Waals surface area contributed by atoms with Crippen molar-refractivity contribution in [3.8, 4) is 17.2 Å². The monoisotopic (exact) mass is 194 g/mol. The highest BCUT2D eigenvalue weighted by molar-refractivity contribution is 5.62. The largest absolute Gasteiger partial charge is 0.264 e. The first kappa shape index (κ1) is 9.42. The zero-order chi connectivity index (χ0) is 10.5. The minimum Gasteiger partial charge on any atom is -0.264 e. The van der Waals surface area contributed by atoms with Crippen molar-refractivity contribution in [2.75, 3.05) is 0 Å². The van der Waals surface area contributed by atoms with E-state index < -0.39 is 0 Å². The molecule has 0 unspecified atom stereocenters. The molecule has 1 heterocycles. The fourth-order valence-corrected chi connectivity index (χ4v) is 1.46. The maximum absolute atomic E-state index is 8.60. The number of nitrogens with zero attached hydrogens (tertiary/aromatic N) is 2. The highest BCUT2D eigenvalue weighted by Crippen LogP contribution is 2.18. The second kappa shape index (κ2) is 4.39. The van der Waals surface area contributed by atoms with Crippen LogP contribution in [-0.2, 0) is 6.42 Å². The molecule has 0 amide bonds. The third-order valence-electron chi connectivity index (χ3n) is 2.19. The van der Waals surface area contributed by atoms with Gasteiger partial charge in [0.2, 0.25) is 0 Å². The number of rotatable bonds is 2. The molecular formula is C13H10N2. The van der Waals surface area contributed by atoms with Crippen LogP contribution in [0, 0.1) is 11.3 Å². The van der Waals surface area contributed by atoms with Gasteiger partial charge in [0.05, 0.1) is 12.5 Å². The van der Waals surface area contributed by atoms with Crippen LogP contribution in [0.4, 0.5) is 0 Å². The number of hydrogen-bond acceptors (Lipinski definition) is 2. The molecule has 0 N–H and O–H groups in total. The van der Waals surface area contributed by atoms with E-state index in [1.807, 2.05) is 42.6 Å². The molecule has 2 aromatic rings. The van der Waals surface area contributed by atoms with Crippen molar-refractivity contribution >= 4 is 0 Å². The molecule has 0 saturated heterocycles. The van der Waals surface area contributed by atoms with Crippen LogP contribution in [0.25, 0.3) is 11.1 Å². The molecule has 2 rings (SSSR count). The van der Waals surface area contributed by atoms with E-state index in [0.29, 0.717) is 6.42 Å². The van der Waals surface area contributed by atoms with Gasteiger partial charge in [-0.3, -0.25) is 4.98 Å². The van der Waals surface area contributed by atoms with Crippen LogP contribution in [0.2, 0.25) is 0 Å². The first-order valence-electron chi connectivity index (χ1n) is 4.76. The molecule has 0 aliphatic heterocycles. The highest BCUT2D eigenvalue weighted by atomic mass is 14.6. The average molecular weight is 194 g/mol. The maximum atomic E-state index is 8.60. The molecule has 1 aromatic carbocycles. The predicted octanol–water partition coefficient (Wildman–Crippen LogP) is 2.81. The van der Waals surface area contributed by atoms with Crippen molar-refractivity contribution in [2.45, 2.75) is 6.42 Å². The first-order valence-corrected chi connectivity index (χ1v) is 4.76. The summed E-state index contributed by atoms with van der Waals surface area (Å²) in [6.45, 7) is 0. The van der Waals surface area contributed by atoms with Gasteiger partial charge in [0.1, 0.15) is 0 Å². The van der Waals surface area contributed by atoms with E-state index in [1.165, 1.54) is 0 Å². The molecule has 0 radical (unpaired) electrons. The number of hydrogen-bond donors (Lipinski definition) is 0. The fourth-order valence-electron chi connectivity index (χ4n) is 1.46. The van der Waals surface area contributed by atoms with E-state index in [2.05, 4.69) is 11.1 Å². The average Bonchev–Trinajstić information content (AvgIpc) is 2.31. The van der Waals surface area contributed by atoms with Gasteiger partial charge < -0.3 is 0 Å². The summed E-state index contributed by atoms with van der Waals surface area (Å²) in [5.74, 6) is 0. The van der Waals surface area contributed by atoms with Crippen LogP contribution in [0.5, 0.6) is 0 Å². The molecule has 2 heteroatoms. The fraction of sp³-hybridized carbons (Fsp3) is 0.0769. The summed E-state index contributed by atoms with van der Waals surface area (Å²) in [4.78, 5) is 4.13. The minimum absolute atomic E-state index is 0.410. The van der Waals surface area contributed by atoms with Crippen LogP contribution >= 0.6 is 0 Å². The number of nitriles is 1. The Balaban J connectivity index is 2.38. The molecule has 0 aliphatic carbocycles. The lowest BCUT2D eigenvalue weighted by atomic mass is 10.1. The molecule has 1 aromatic heterocycles. The first-order chi connectivity index (χ1) is 7.40. The Kier molecular flexibility index (Phi) is 2.75. The lowest BCUT2D eigenvalue weighted by Crippen LogP contribution is -1.86. The summed E-state index contributed by atoms with van der Waals surface area (Å²) in [5.41, 5.74) is 3.15. The van der Waals surface area contributed by atoms with Crippen LogP contribution in [0.15, 0.2) is 48.8 Å². The van der Waals surface area contributed by atoms with Gasteiger partial charge in [0.15, 0.2) is 0 Å². The Hall–Kier alpha value is -2.14. The summed E-state index contributed by atoms with van der Waals surface area (Å²) in [6, 6.07) is 14.2. The van der Waals surface area contributed by atoms with E-state index in [1.54, 1.807) is 6.20 Å². The van der Waals surface area contributed by atoms with E-state index in [-0.39, 0.29) is 0 Å². The topological polar surface area (TPSA) is 36.7 Å². The van der Waals surface area contributed by atoms with Gasteiger partial charge in [-0.2, -0.15) is 5.26 Å². The molecule has 0 saturated carbocycles. The second-order valence-electron chi connectivity index (χ2n) is 3.28. The molecular weight excluding hydrogens is 184 g/mol. The minimum atomic E-state index is 0.410. The number of aromatic nitrogens is 1. The third kappa shape index (κ3) is 2.21. The SMILES string of the molecule is N#CCc1cncc(-c2ccccc2)c1. The van der Waals surface area contributed by atoms with Gasteiger partial charge in [-0.25, -0.2) is 0 Å². The van der Waals surface area contributed by atoms with E-state index in [4.69, 9.17) is 5.26 Å². The zero-order valence-electron chi connectivity index (χ0n) is 8.22. The normalized spacial score (nSPS) is 9.53. The Bertz CT molecular complexity index is 483. The van der Waals surface area contributed by atoms with Crippen molar-refractivity contribution in [3.63, 3.8) is 0 Å². The standard InChI is InChI=1S/C13H10N2/c14-7-6-11-8-13(10-15-9-11)12-4-2-1-3-5-12/h1-5,8-10H,6H2. The van der Waals surface area contributed by atoms with Crippen molar-refractivity contribution in [1.82, 2.24) is 4.98 Å². The summed E-state index contributed by atoms with van der Waals surface area (Å²) in [5, 5.41) is 8.60. The van der Waals surface area contributed by atoms with Crippen molar-refractivity contribution in [2.24, 2.45) is 0 Å². The number of pyridine rings is 1. The summed E-state index contributed by atoms with van der Waals surface area (Å²) in [7, 11) is 0. The Labute approximate surface area is 88.8 Å². The molecule has 0 fully saturated rings.